The fourth-order valence-electron chi connectivity index (χ4n) is 1.36. The third-order valence-electron chi connectivity index (χ3n) is 2.28. The van der Waals surface area contributed by atoms with Gasteiger partial charge in [-0.1, -0.05) is 24.6 Å². The highest BCUT2D eigenvalue weighted by Gasteiger charge is 2.09. The van der Waals surface area contributed by atoms with Crippen LogP contribution in [-0.4, -0.2) is 18.3 Å². The van der Waals surface area contributed by atoms with Gasteiger partial charge >= 0.3 is 5.97 Å². The zero-order valence-corrected chi connectivity index (χ0v) is 12.7. The van der Waals surface area contributed by atoms with Gasteiger partial charge in [-0.2, -0.15) is 0 Å². The van der Waals surface area contributed by atoms with Crippen LogP contribution in [0.4, 0.5) is 0 Å². The summed E-state index contributed by atoms with van der Waals surface area (Å²) in [6, 6.07) is 5.58. The van der Waals surface area contributed by atoms with E-state index in [1.807, 2.05) is 19.1 Å². The Morgan fingerprint density at radius 3 is 2.72 bits per heavy atom. The summed E-state index contributed by atoms with van der Waals surface area (Å²) in [6.07, 6.45) is 0.563. The average molecular weight is 333 g/mol. The van der Waals surface area contributed by atoms with Crippen molar-refractivity contribution in [3.8, 4) is 0 Å². The first kappa shape index (κ1) is 15.2. The number of hydrogen-bond acceptors (Lipinski definition) is 3. The number of nitrogens with zero attached hydrogens (tertiary/aromatic N) is 1. The van der Waals surface area contributed by atoms with Crippen LogP contribution < -0.4 is 0 Å². The molecule has 0 aliphatic heterocycles. The van der Waals surface area contributed by atoms with E-state index in [1.54, 1.807) is 13.0 Å². The minimum Gasteiger partial charge on any atom is -0.462 e. The van der Waals surface area contributed by atoms with Crippen LogP contribution in [0.25, 0.3) is 0 Å². The van der Waals surface area contributed by atoms with Crippen molar-refractivity contribution in [2.24, 2.45) is 4.99 Å². The van der Waals surface area contributed by atoms with Gasteiger partial charge in [0, 0.05) is 4.47 Å². The van der Waals surface area contributed by atoms with E-state index >= 15 is 0 Å². The molecule has 18 heavy (non-hydrogen) atoms. The summed E-state index contributed by atoms with van der Waals surface area (Å²) >= 11 is 9.26. The highest BCUT2D eigenvalue weighted by Crippen LogP contribution is 2.23. The summed E-state index contributed by atoms with van der Waals surface area (Å²) in [6.45, 7) is 4.47. The molecule has 0 atom stereocenters. The molecule has 0 saturated heterocycles. The number of rotatable bonds is 5. The molecule has 0 aliphatic rings. The zero-order valence-electron chi connectivity index (χ0n) is 10.4. The fraction of sp³-hybridized carbons (Fsp3) is 0.385. The second kappa shape index (κ2) is 7.54. The number of benzene rings is 1. The van der Waals surface area contributed by atoms with Crippen molar-refractivity contribution in [2.45, 2.75) is 26.8 Å². The van der Waals surface area contributed by atoms with Crippen LogP contribution in [0.1, 0.15) is 25.8 Å². The molecule has 98 valence electrons. The van der Waals surface area contributed by atoms with Crippen LogP contribution >= 0.6 is 27.5 Å². The summed E-state index contributed by atoms with van der Waals surface area (Å²) in [4.78, 5) is 15.8. The third-order valence-corrected chi connectivity index (χ3v) is 3.50. The predicted octanol–water partition coefficient (Wildman–Crippen LogP) is 4.02. The van der Waals surface area contributed by atoms with E-state index < -0.39 is 0 Å². The van der Waals surface area contributed by atoms with Crippen molar-refractivity contribution in [3.05, 3.63) is 33.3 Å². The van der Waals surface area contributed by atoms with E-state index in [2.05, 4.69) is 20.9 Å². The lowest BCUT2D eigenvalue weighted by molar-refractivity contribution is -0.135. The van der Waals surface area contributed by atoms with Crippen molar-refractivity contribution in [3.63, 3.8) is 0 Å². The lowest BCUT2D eigenvalue weighted by Gasteiger charge is -2.04. The number of hydrogen-bond donors (Lipinski definition) is 0. The van der Waals surface area contributed by atoms with E-state index in [-0.39, 0.29) is 5.97 Å². The molecule has 0 fully saturated rings. The smallest absolute Gasteiger partial charge is 0.352 e. The molecule has 0 unspecified atom stereocenters. The molecule has 1 rings (SSSR count). The first-order chi connectivity index (χ1) is 8.58. The molecular formula is C13H15BrClNO2. The topological polar surface area (TPSA) is 38.7 Å². The molecule has 1 aromatic rings. The largest absolute Gasteiger partial charge is 0.462 e. The minimum atomic E-state index is -0.340. The molecule has 0 spiro atoms. The Labute approximate surface area is 120 Å². The maximum absolute atomic E-state index is 11.5. The number of ether oxygens (including phenoxy) is 1. The Balaban J connectivity index is 2.76. The average Bonchev–Trinajstić information content (AvgIpc) is 2.34. The highest BCUT2D eigenvalue weighted by molar-refractivity contribution is 9.10. The molecule has 0 N–H and O–H groups in total. The minimum absolute atomic E-state index is 0.340. The van der Waals surface area contributed by atoms with Gasteiger partial charge in [0.2, 0.25) is 0 Å². The Bertz CT molecular complexity index is 460. The van der Waals surface area contributed by atoms with Gasteiger partial charge in [-0.25, -0.2) is 4.79 Å². The summed E-state index contributed by atoms with van der Waals surface area (Å²) < 4.78 is 5.75. The Hall–Kier alpha value is -0.870. The van der Waals surface area contributed by atoms with Gasteiger partial charge in [0.1, 0.15) is 5.71 Å². The van der Waals surface area contributed by atoms with Gasteiger partial charge in [-0.05, 0) is 47.0 Å². The Morgan fingerprint density at radius 1 is 1.44 bits per heavy atom. The monoisotopic (exact) mass is 331 g/mol. The SMILES string of the molecule is CCOC(=O)C(CC)=NCc1ccc(Cl)c(Br)c1. The standard InChI is InChI=1S/C13H15BrClNO2/c1-3-12(13(17)18-4-2)16-8-9-5-6-11(15)10(14)7-9/h5-7H,3-4,8H2,1-2H3. The summed E-state index contributed by atoms with van der Waals surface area (Å²) in [5.41, 5.74) is 1.45. The predicted molar refractivity (Wildman–Crippen MR) is 77.2 cm³/mol. The van der Waals surface area contributed by atoms with Crippen LogP contribution in [0.2, 0.25) is 5.02 Å². The van der Waals surface area contributed by atoms with Gasteiger partial charge in [-0.15, -0.1) is 0 Å². The van der Waals surface area contributed by atoms with E-state index in [0.717, 1.165) is 10.0 Å². The number of esters is 1. The first-order valence-corrected chi connectivity index (χ1v) is 6.90. The van der Waals surface area contributed by atoms with E-state index in [0.29, 0.717) is 30.3 Å². The van der Waals surface area contributed by atoms with Gasteiger partial charge in [0.05, 0.1) is 18.2 Å². The van der Waals surface area contributed by atoms with Crippen molar-refractivity contribution in [1.29, 1.82) is 0 Å². The van der Waals surface area contributed by atoms with Crippen molar-refractivity contribution in [1.82, 2.24) is 0 Å². The normalized spacial score (nSPS) is 11.4. The van der Waals surface area contributed by atoms with Crippen LogP contribution in [0.3, 0.4) is 0 Å². The molecule has 0 aromatic heterocycles. The number of halogens is 2. The molecule has 3 nitrogen and oxygen atoms in total. The number of carbonyl (C=O) groups is 1. The van der Waals surface area contributed by atoms with Crippen molar-refractivity contribution < 1.29 is 9.53 Å². The summed E-state index contributed by atoms with van der Waals surface area (Å²) in [7, 11) is 0. The van der Waals surface area contributed by atoms with Crippen LogP contribution in [-0.2, 0) is 16.1 Å². The lowest BCUT2D eigenvalue weighted by atomic mass is 10.2. The molecule has 0 saturated carbocycles. The van der Waals surface area contributed by atoms with Crippen LogP contribution in [0, 0.1) is 0 Å². The number of carbonyl (C=O) groups excluding carboxylic acids is 1. The maximum atomic E-state index is 11.5. The van der Waals surface area contributed by atoms with Gasteiger partial charge in [0.15, 0.2) is 0 Å². The van der Waals surface area contributed by atoms with Crippen molar-refractivity contribution in [2.75, 3.05) is 6.61 Å². The fourth-order valence-corrected chi connectivity index (χ4v) is 1.90. The van der Waals surface area contributed by atoms with Crippen LogP contribution in [0.5, 0.6) is 0 Å². The quantitative estimate of drug-likeness (QED) is 0.603. The molecule has 0 heterocycles. The second-order valence-corrected chi connectivity index (χ2v) is 4.85. The van der Waals surface area contributed by atoms with E-state index in [9.17, 15) is 4.79 Å². The van der Waals surface area contributed by atoms with E-state index in [1.165, 1.54) is 0 Å². The molecule has 1 aromatic carbocycles. The highest BCUT2D eigenvalue weighted by atomic mass is 79.9. The van der Waals surface area contributed by atoms with Crippen LogP contribution in [0.15, 0.2) is 27.7 Å². The van der Waals surface area contributed by atoms with Crippen molar-refractivity contribution >= 4 is 39.2 Å². The summed E-state index contributed by atoms with van der Waals surface area (Å²) in [5, 5.41) is 0.656. The lowest BCUT2D eigenvalue weighted by Crippen LogP contribution is -2.16. The molecule has 0 bridgehead atoms. The molecular weight excluding hydrogens is 318 g/mol. The number of aliphatic imine (C=N–C) groups is 1. The Kier molecular flexibility index (Phi) is 6.36. The molecule has 0 aliphatic carbocycles. The maximum Gasteiger partial charge on any atom is 0.352 e. The van der Waals surface area contributed by atoms with E-state index in [4.69, 9.17) is 16.3 Å². The molecule has 5 heteroatoms. The second-order valence-electron chi connectivity index (χ2n) is 3.59. The van der Waals surface area contributed by atoms with Gasteiger partial charge < -0.3 is 4.74 Å². The third kappa shape index (κ3) is 4.42. The zero-order chi connectivity index (χ0) is 13.5. The summed E-state index contributed by atoms with van der Waals surface area (Å²) in [5.74, 6) is -0.340. The Morgan fingerprint density at radius 2 is 2.17 bits per heavy atom. The van der Waals surface area contributed by atoms with Gasteiger partial charge in [-0.3, -0.25) is 4.99 Å². The molecule has 0 radical (unpaired) electrons. The molecule has 0 amide bonds. The first-order valence-electron chi connectivity index (χ1n) is 5.72. The van der Waals surface area contributed by atoms with Gasteiger partial charge in [0.25, 0.3) is 0 Å².